The minimum atomic E-state index is -0.0705. The number of carbonyl (C=O) groups excluding carboxylic acids is 1. The number of tetrazole rings is 1. The number of aromatic nitrogens is 4. The first-order valence-electron chi connectivity index (χ1n) is 7.82. The Bertz CT molecular complexity index is 681. The third-order valence-corrected chi connectivity index (χ3v) is 4.43. The molecule has 1 atom stereocenters. The summed E-state index contributed by atoms with van der Waals surface area (Å²) in [5, 5.41) is 12.3. The fourth-order valence-electron chi connectivity index (χ4n) is 2.82. The molecule has 23 heavy (non-hydrogen) atoms. The van der Waals surface area contributed by atoms with E-state index in [0.29, 0.717) is 18.9 Å². The number of benzene rings is 1. The molecule has 2 heterocycles. The molecule has 3 rings (SSSR count). The summed E-state index contributed by atoms with van der Waals surface area (Å²) in [6.07, 6.45) is 0.818. The second-order valence-electron chi connectivity index (χ2n) is 6.71. The molecule has 0 radical (unpaired) electrons. The Hall–Kier alpha value is -2.28. The van der Waals surface area contributed by atoms with Crippen molar-refractivity contribution in [3.05, 3.63) is 30.3 Å². The third kappa shape index (κ3) is 3.39. The maximum atomic E-state index is 12.5. The van der Waals surface area contributed by atoms with Crippen molar-refractivity contribution >= 4 is 5.91 Å². The highest BCUT2D eigenvalue weighted by atomic mass is 16.2. The summed E-state index contributed by atoms with van der Waals surface area (Å²) in [5.74, 6) is 0.529. The lowest BCUT2D eigenvalue weighted by Gasteiger charge is -2.42. The van der Waals surface area contributed by atoms with E-state index in [2.05, 4.69) is 29.3 Å². The van der Waals surface area contributed by atoms with Crippen LogP contribution >= 0.6 is 0 Å². The van der Waals surface area contributed by atoms with Gasteiger partial charge in [-0.2, -0.15) is 4.80 Å². The Morgan fingerprint density at radius 2 is 2.09 bits per heavy atom. The predicted molar refractivity (Wildman–Crippen MR) is 86.2 cm³/mol. The van der Waals surface area contributed by atoms with Crippen molar-refractivity contribution in [1.82, 2.24) is 25.1 Å². The van der Waals surface area contributed by atoms with Crippen molar-refractivity contribution in [2.24, 2.45) is 11.1 Å². The fourth-order valence-corrected chi connectivity index (χ4v) is 2.82. The average molecular weight is 314 g/mol. The summed E-state index contributed by atoms with van der Waals surface area (Å²) in [6, 6.07) is 9.72. The van der Waals surface area contributed by atoms with Gasteiger partial charge in [0.2, 0.25) is 11.7 Å². The van der Waals surface area contributed by atoms with E-state index < -0.39 is 0 Å². The Balaban J connectivity index is 1.66. The largest absolute Gasteiger partial charge is 0.340 e. The van der Waals surface area contributed by atoms with E-state index in [-0.39, 0.29) is 23.9 Å². The first-order chi connectivity index (χ1) is 11.0. The van der Waals surface area contributed by atoms with Crippen molar-refractivity contribution in [2.45, 2.75) is 32.9 Å². The number of nitrogens with zero attached hydrogens (tertiary/aromatic N) is 5. The van der Waals surface area contributed by atoms with E-state index >= 15 is 0 Å². The zero-order valence-electron chi connectivity index (χ0n) is 13.5. The van der Waals surface area contributed by atoms with Crippen molar-refractivity contribution in [1.29, 1.82) is 0 Å². The van der Waals surface area contributed by atoms with Crippen LogP contribution in [0.2, 0.25) is 0 Å². The number of amides is 1. The molecule has 1 fully saturated rings. The van der Waals surface area contributed by atoms with Gasteiger partial charge in [-0.25, -0.2) is 0 Å². The number of carbonyl (C=O) groups is 1. The molecule has 1 aliphatic rings. The molecule has 1 saturated heterocycles. The SMILES string of the molecule is CC1(C)CN(C(=O)Cn2nnc(-c3ccccc3)n2)CCC1N. The highest BCUT2D eigenvalue weighted by Gasteiger charge is 2.35. The van der Waals surface area contributed by atoms with E-state index in [4.69, 9.17) is 5.73 Å². The molecule has 0 saturated carbocycles. The van der Waals surface area contributed by atoms with Crippen LogP contribution in [0.15, 0.2) is 30.3 Å². The molecule has 1 unspecified atom stereocenters. The average Bonchev–Trinajstić information content (AvgIpc) is 2.99. The van der Waals surface area contributed by atoms with Crippen molar-refractivity contribution in [3.63, 3.8) is 0 Å². The van der Waals surface area contributed by atoms with Crippen molar-refractivity contribution in [2.75, 3.05) is 13.1 Å². The van der Waals surface area contributed by atoms with Gasteiger partial charge >= 0.3 is 0 Å². The molecule has 0 spiro atoms. The Labute approximate surface area is 135 Å². The van der Waals surface area contributed by atoms with Gasteiger partial charge in [-0.1, -0.05) is 44.2 Å². The molecule has 2 aromatic rings. The van der Waals surface area contributed by atoms with Gasteiger partial charge in [-0.15, -0.1) is 10.2 Å². The first kappa shape index (κ1) is 15.6. The summed E-state index contributed by atoms with van der Waals surface area (Å²) >= 11 is 0. The van der Waals surface area contributed by atoms with Gasteiger partial charge in [0.05, 0.1) is 0 Å². The number of nitrogens with two attached hydrogens (primary N) is 1. The highest BCUT2D eigenvalue weighted by Crippen LogP contribution is 2.27. The molecule has 1 aliphatic heterocycles. The van der Waals surface area contributed by atoms with Crippen LogP contribution in [-0.4, -0.2) is 50.1 Å². The lowest BCUT2D eigenvalue weighted by molar-refractivity contribution is -0.135. The Kier molecular flexibility index (Phi) is 4.12. The Morgan fingerprint density at radius 3 is 2.78 bits per heavy atom. The lowest BCUT2D eigenvalue weighted by Crippen LogP contribution is -2.54. The highest BCUT2D eigenvalue weighted by molar-refractivity contribution is 5.76. The number of piperidine rings is 1. The van der Waals surface area contributed by atoms with Crippen LogP contribution in [0.4, 0.5) is 0 Å². The van der Waals surface area contributed by atoms with Gasteiger partial charge in [0.15, 0.2) is 0 Å². The summed E-state index contributed by atoms with van der Waals surface area (Å²) in [6.45, 7) is 5.64. The molecule has 1 amide bonds. The van der Waals surface area contributed by atoms with Gasteiger partial charge in [-0.3, -0.25) is 4.79 Å². The first-order valence-corrected chi connectivity index (χ1v) is 7.82. The normalized spacial score (nSPS) is 20.5. The van der Waals surface area contributed by atoms with E-state index in [0.717, 1.165) is 12.0 Å². The van der Waals surface area contributed by atoms with Gasteiger partial charge in [0, 0.05) is 24.7 Å². The molecule has 7 nitrogen and oxygen atoms in total. The quantitative estimate of drug-likeness (QED) is 0.910. The van der Waals surface area contributed by atoms with Gasteiger partial charge in [0.25, 0.3) is 0 Å². The van der Waals surface area contributed by atoms with Crippen LogP contribution in [0.25, 0.3) is 11.4 Å². The number of hydrogen-bond acceptors (Lipinski definition) is 5. The van der Waals surface area contributed by atoms with E-state index in [1.165, 1.54) is 4.80 Å². The lowest BCUT2D eigenvalue weighted by atomic mass is 9.80. The van der Waals surface area contributed by atoms with Crippen LogP contribution in [0.5, 0.6) is 0 Å². The van der Waals surface area contributed by atoms with Crippen LogP contribution in [-0.2, 0) is 11.3 Å². The van der Waals surface area contributed by atoms with E-state index in [9.17, 15) is 4.79 Å². The summed E-state index contributed by atoms with van der Waals surface area (Å²) in [7, 11) is 0. The molecular formula is C16H22N6O. The van der Waals surface area contributed by atoms with E-state index in [1.54, 1.807) is 0 Å². The minimum Gasteiger partial charge on any atom is -0.340 e. The number of hydrogen-bond donors (Lipinski definition) is 1. The molecule has 0 bridgehead atoms. The molecular weight excluding hydrogens is 292 g/mol. The van der Waals surface area contributed by atoms with Gasteiger partial charge in [0.1, 0.15) is 6.54 Å². The van der Waals surface area contributed by atoms with Crippen molar-refractivity contribution < 1.29 is 4.79 Å². The smallest absolute Gasteiger partial charge is 0.246 e. The van der Waals surface area contributed by atoms with Crippen LogP contribution < -0.4 is 5.73 Å². The summed E-state index contributed by atoms with van der Waals surface area (Å²) in [4.78, 5) is 15.7. The molecule has 122 valence electrons. The second-order valence-corrected chi connectivity index (χ2v) is 6.71. The molecule has 2 N–H and O–H groups in total. The molecule has 1 aromatic carbocycles. The Morgan fingerprint density at radius 1 is 1.35 bits per heavy atom. The number of rotatable bonds is 3. The second kappa shape index (κ2) is 6.08. The maximum Gasteiger partial charge on any atom is 0.246 e. The molecule has 1 aromatic heterocycles. The fraction of sp³-hybridized carbons (Fsp3) is 0.500. The van der Waals surface area contributed by atoms with Crippen molar-refractivity contribution in [3.8, 4) is 11.4 Å². The molecule has 7 heteroatoms. The maximum absolute atomic E-state index is 12.5. The summed E-state index contributed by atoms with van der Waals surface area (Å²) < 4.78 is 0. The van der Waals surface area contributed by atoms with Crippen LogP contribution in [0.3, 0.4) is 0 Å². The zero-order valence-corrected chi connectivity index (χ0v) is 13.5. The minimum absolute atomic E-state index is 0.00184. The standard InChI is InChI=1S/C16H22N6O/c1-16(2)11-21(9-8-13(16)17)14(23)10-22-19-15(18-20-22)12-6-4-3-5-7-12/h3-7,13H,8-11,17H2,1-2H3. The van der Waals surface area contributed by atoms with E-state index in [1.807, 2.05) is 35.2 Å². The van der Waals surface area contributed by atoms with Crippen LogP contribution in [0.1, 0.15) is 20.3 Å². The summed E-state index contributed by atoms with van der Waals surface area (Å²) in [5.41, 5.74) is 6.93. The predicted octanol–water partition coefficient (Wildman–Crippen LogP) is 0.926. The monoisotopic (exact) mass is 314 g/mol. The van der Waals surface area contributed by atoms with Gasteiger partial charge < -0.3 is 10.6 Å². The van der Waals surface area contributed by atoms with Crippen LogP contribution in [0, 0.1) is 5.41 Å². The third-order valence-electron chi connectivity index (χ3n) is 4.43. The van der Waals surface area contributed by atoms with Gasteiger partial charge in [-0.05, 0) is 17.0 Å². The molecule has 0 aliphatic carbocycles. The number of likely N-dealkylation sites (tertiary alicyclic amines) is 1. The topological polar surface area (TPSA) is 89.9 Å². The zero-order chi connectivity index (χ0) is 16.4.